The molecule has 1 aliphatic carbocycles. The molecule has 4 aromatic rings. The SMILES string of the molecule is C=C(NCc1cc(-c2ccccc2)no1)NC(=CC(N)=Nc1cc(C2CC2)[nH]n1)c1ccccc1. The van der Waals surface area contributed by atoms with E-state index < -0.39 is 0 Å². The Balaban J connectivity index is 1.26. The summed E-state index contributed by atoms with van der Waals surface area (Å²) in [4.78, 5) is 4.45. The zero-order valence-electron chi connectivity index (χ0n) is 19.2. The average molecular weight is 466 g/mol. The van der Waals surface area contributed by atoms with E-state index in [-0.39, 0.29) is 0 Å². The number of aromatic amines is 1. The predicted octanol–water partition coefficient (Wildman–Crippen LogP) is 4.82. The van der Waals surface area contributed by atoms with Crippen LogP contribution in [0, 0.1) is 0 Å². The van der Waals surface area contributed by atoms with Crippen molar-refractivity contribution in [2.45, 2.75) is 25.3 Å². The van der Waals surface area contributed by atoms with E-state index in [0.29, 0.717) is 35.7 Å². The monoisotopic (exact) mass is 465 g/mol. The van der Waals surface area contributed by atoms with Crippen LogP contribution in [0.4, 0.5) is 5.82 Å². The molecule has 0 saturated heterocycles. The number of hydrogen-bond donors (Lipinski definition) is 4. The molecule has 1 saturated carbocycles. The number of H-pyrrole nitrogens is 1. The molecular formula is C27H27N7O. The van der Waals surface area contributed by atoms with Crippen molar-refractivity contribution in [2.75, 3.05) is 0 Å². The maximum absolute atomic E-state index is 6.25. The lowest BCUT2D eigenvalue weighted by molar-refractivity contribution is 0.379. The summed E-state index contributed by atoms with van der Waals surface area (Å²) in [5, 5.41) is 18.0. The molecule has 0 amide bonds. The van der Waals surface area contributed by atoms with Gasteiger partial charge in [-0.3, -0.25) is 5.10 Å². The number of nitrogens with two attached hydrogens (primary N) is 1. The van der Waals surface area contributed by atoms with Gasteiger partial charge >= 0.3 is 0 Å². The molecule has 2 aromatic carbocycles. The van der Waals surface area contributed by atoms with Gasteiger partial charge in [-0.25, -0.2) is 4.99 Å². The quantitative estimate of drug-likeness (QED) is 0.197. The standard InChI is InChI=1S/C27H27N7O/c1-18(29-17-22-14-25(34-35-22)20-10-6-3-7-11-20)30-23(19-8-4-2-5-9-19)15-26(28)31-27-16-24(32-33-27)21-12-13-21/h2-11,14-16,21,29-30H,1,12-13,17H2,(H3,28,31,32,33). The van der Waals surface area contributed by atoms with Gasteiger partial charge in [0.25, 0.3) is 0 Å². The Kier molecular flexibility index (Phi) is 6.43. The molecule has 0 unspecified atom stereocenters. The van der Waals surface area contributed by atoms with Crippen molar-refractivity contribution >= 4 is 17.4 Å². The van der Waals surface area contributed by atoms with Gasteiger partial charge in [-0.1, -0.05) is 72.4 Å². The summed E-state index contributed by atoms with van der Waals surface area (Å²) in [6.07, 6.45) is 4.16. The van der Waals surface area contributed by atoms with Gasteiger partial charge in [0, 0.05) is 35.4 Å². The summed E-state index contributed by atoms with van der Waals surface area (Å²) >= 11 is 0. The molecule has 1 aliphatic rings. The van der Waals surface area contributed by atoms with Gasteiger partial charge in [0.2, 0.25) is 0 Å². The van der Waals surface area contributed by atoms with Crippen LogP contribution in [0.2, 0.25) is 0 Å². The lowest BCUT2D eigenvalue weighted by Crippen LogP contribution is -2.25. The van der Waals surface area contributed by atoms with E-state index in [1.165, 1.54) is 12.8 Å². The highest BCUT2D eigenvalue weighted by molar-refractivity contribution is 5.99. The van der Waals surface area contributed by atoms with E-state index in [2.05, 4.69) is 37.6 Å². The van der Waals surface area contributed by atoms with Crippen molar-refractivity contribution in [3.05, 3.63) is 108 Å². The molecule has 0 atom stereocenters. The number of aliphatic imine (C=N–C) groups is 1. The van der Waals surface area contributed by atoms with Gasteiger partial charge in [0.05, 0.1) is 18.1 Å². The highest BCUT2D eigenvalue weighted by atomic mass is 16.5. The molecule has 0 bridgehead atoms. The molecule has 2 heterocycles. The lowest BCUT2D eigenvalue weighted by atomic mass is 10.1. The van der Waals surface area contributed by atoms with Crippen LogP contribution in [-0.2, 0) is 6.54 Å². The van der Waals surface area contributed by atoms with Crippen LogP contribution in [0.15, 0.2) is 101 Å². The van der Waals surface area contributed by atoms with Crippen LogP contribution in [-0.4, -0.2) is 21.2 Å². The van der Waals surface area contributed by atoms with Crippen LogP contribution >= 0.6 is 0 Å². The van der Waals surface area contributed by atoms with Crippen molar-refractivity contribution in [1.82, 2.24) is 26.0 Å². The van der Waals surface area contributed by atoms with E-state index in [1.54, 1.807) is 6.08 Å². The number of aromatic nitrogens is 3. The van der Waals surface area contributed by atoms with Gasteiger partial charge in [0.1, 0.15) is 11.5 Å². The minimum absolute atomic E-state index is 0.334. The van der Waals surface area contributed by atoms with Crippen LogP contribution in [0.3, 0.4) is 0 Å². The average Bonchev–Trinajstić information content (AvgIpc) is 3.44. The Labute approximate surface area is 203 Å². The number of rotatable bonds is 10. The van der Waals surface area contributed by atoms with Crippen LogP contribution < -0.4 is 16.4 Å². The maximum Gasteiger partial charge on any atom is 0.175 e. The van der Waals surface area contributed by atoms with E-state index in [9.17, 15) is 0 Å². The largest absolute Gasteiger partial charge is 0.384 e. The van der Waals surface area contributed by atoms with Gasteiger partial charge < -0.3 is 20.9 Å². The van der Waals surface area contributed by atoms with Gasteiger partial charge in [-0.15, -0.1) is 0 Å². The van der Waals surface area contributed by atoms with Crippen LogP contribution in [0.5, 0.6) is 0 Å². The molecule has 0 aliphatic heterocycles. The van der Waals surface area contributed by atoms with Crippen molar-refractivity contribution < 1.29 is 4.52 Å². The second-order valence-electron chi connectivity index (χ2n) is 8.42. The fraction of sp³-hybridized carbons (Fsp3) is 0.148. The summed E-state index contributed by atoms with van der Waals surface area (Å²) in [7, 11) is 0. The predicted molar refractivity (Wildman–Crippen MR) is 137 cm³/mol. The van der Waals surface area contributed by atoms with E-state index in [0.717, 1.165) is 28.2 Å². The van der Waals surface area contributed by atoms with Crippen LogP contribution in [0.25, 0.3) is 17.0 Å². The van der Waals surface area contributed by atoms with Crippen molar-refractivity contribution in [3.8, 4) is 11.3 Å². The number of benzene rings is 2. The molecule has 8 heteroatoms. The first-order valence-corrected chi connectivity index (χ1v) is 11.5. The molecule has 0 spiro atoms. The summed E-state index contributed by atoms with van der Waals surface area (Å²) < 4.78 is 5.47. The third-order valence-corrected chi connectivity index (χ3v) is 5.61. The Morgan fingerprint density at radius 2 is 1.86 bits per heavy atom. The zero-order chi connectivity index (χ0) is 24.0. The maximum atomic E-state index is 6.25. The molecule has 8 nitrogen and oxygen atoms in total. The topological polar surface area (TPSA) is 117 Å². The number of hydrogen-bond acceptors (Lipinski definition) is 6. The summed E-state index contributed by atoms with van der Waals surface area (Å²) in [5.41, 5.74) is 10.9. The molecule has 176 valence electrons. The van der Waals surface area contributed by atoms with Crippen molar-refractivity contribution in [3.63, 3.8) is 0 Å². The first kappa shape index (κ1) is 22.2. The molecule has 5 N–H and O–H groups in total. The molecule has 2 aromatic heterocycles. The normalized spacial score (nSPS) is 14.1. The molecule has 35 heavy (non-hydrogen) atoms. The molecule has 1 fully saturated rings. The number of amidine groups is 1. The Bertz CT molecular complexity index is 1350. The number of nitrogens with one attached hydrogen (secondary N) is 3. The Morgan fingerprint density at radius 1 is 1.11 bits per heavy atom. The summed E-state index contributed by atoms with van der Waals surface area (Å²) in [6.45, 7) is 4.52. The highest BCUT2D eigenvalue weighted by Crippen LogP contribution is 2.39. The fourth-order valence-corrected chi connectivity index (χ4v) is 3.65. The first-order chi connectivity index (χ1) is 17.1. The first-order valence-electron chi connectivity index (χ1n) is 11.5. The zero-order valence-corrected chi connectivity index (χ0v) is 19.2. The third-order valence-electron chi connectivity index (χ3n) is 5.61. The lowest BCUT2D eigenvalue weighted by Gasteiger charge is -2.15. The summed E-state index contributed by atoms with van der Waals surface area (Å²) in [5.74, 6) is 2.77. The minimum atomic E-state index is 0.334. The minimum Gasteiger partial charge on any atom is -0.384 e. The van der Waals surface area contributed by atoms with E-state index in [4.69, 9.17) is 10.3 Å². The molecule has 0 radical (unpaired) electrons. The Hall–Kier alpha value is -4.59. The third kappa shape index (κ3) is 5.86. The smallest absolute Gasteiger partial charge is 0.175 e. The van der Waals surface area contributed by atoms with Crippen molar-refractivity contribution in [2.24, 2.45) is 10.7 Å². The van der Waals surface area contributed by atoms with Crippen molar-refractivity contribution in [1.29, 1.82) is 0 Å². The van der Waals surface area contributed by atoms with Gasteiger partial charge in [-0.05, 0) is 18.4 Å². The van der Waals surface area contributed by atoms with Gasteiger partial charge in [-0.2, -0.15) is 5.10 Å². The van der Waals surface area contributed by atoms with Crippen LogP contribution in [0.1, 0.15) is 35.8 Å². The van der Waals surface area contributed by atoms with E-state index >= 15 is 0 Å². The second kappa shape index (κ2) is 10.1. The molecular weight excluding hydrogens is 438 g/mol. The highest BCUT2D eigenvalue weighted by Gasteiger charge is 2.25. The second-order valence-corrected chi connectivity index (χ2v) is 8.42. The molecule has 5 rings (SSSR count). The number of nitrogens with zero attached hydrogens (tertiary/aromatic N) is 3. The van der Waals surface area contributed by atoms with E-state index in [1.807, 2.05) is 72.8 Å². The summed E-state index contributed by atoms with van der Waals surface area (Å²) in [6, 6.07) is 23.6. The Morgan fingerprint density at radius 3 is 2.60 bits per heavy atom. The fourth-order valence-electron chi connectivity index (χ4n) is 3.65. The van der Waals surface area contributed by atoms with Gasteiger partial charge in [0.15, 0.2) is 11.6 Å².